The number of nitrogens with zero attached hydrogens (tertiary/aromatic N) is 1. The van der Waals surface area contributed by atoms with E-state index in [9.17, 15) is 4.79 Å². The zero-order chi connectivity index (χ0) is 12.2. The molecule has 6 nitrogen and oxygen atoms in total. The van der Waals surface area contributed by atoms with Crippen LogP contribution >= 0.6 is 0 Å². The third kappa shape index (κ3) is 9.85. The summed E-state index contributed by atoms with van der Waals surface area (Å²) in [7, 11) is 3.20. The van der Waals surface area contributed by atoms with Gasteiger partial charge in [0.2, 0.25) is 0 Å². The Morgan fingerprint density at radius 2 is 1.69 bits per heavy atom. The van der Waals surface area contributed by atoms with Crippen LogP contribution in [0.15, 0.2) is 0 Å². The Labute approximate surface area is 96.1 Å². The van der Waals surface area contributed by atoms with Crippen molar-refractivity contribution in [2.75, 3.05) is 60.3 Å². The van der Waals surface area contributed by atoms with Gasteiger partial charge in [-0.25, -0.2) is 0 Å². The van der Waals surface area contributed by atoms with E-state index in [0.717, 1.165) is 0 Å². The number of carbonyl (C=O) groups is 1. The van der Waals surface area contributed by atoms with Crippen LogP contribution in [0.3, 0.4) is 0 Å². The molecule has 0 aromatic carbocycles. The number of carboxylic acid groups (broad SMARTS) is 1. The third-order valence-corrected chi connectivity index (χ3v) is 1.95. The molecule has 0 aromatic heterocycles. The number of rotatable bonds is 11. The molecule has 0 aliphatic carbocycles. The van der Waals surface area contributed by atoms with Crippen molar-refractivity contribution in [3.05, 3.63) is 0 Å². The van der Waals surface area contributed by atoms with Gasteiger partial charge in [0, 0.05) is 27.3 Å². The first kappa shape index (κ1) is 15.3. The molecule has 6 heteroatoms. The third-order valence-electron chi connectivity index (χ3n) is 1.95. The fourth-order valence-electron chi connectivity index (χ4n) is 1.12. The first-order valence-corrected chi connectivity index (χ1v) is 5.20. The summed E-state index contributed by atoms with van der Waals surface area (Å²) in [5, 5.41) is 8.68. The number of hydrogen-bond acceptors (Lipinski definition) is 5. The number of hydrogen-bond donors (Lipinski definition) is 1. The van der Waals surface area contributed by atoms with Crippen LogP contribution < -0.4 is 0 Å². The van der Waals surface area contributed by atoms with Gasteiger partial charge >= 0.3 is 5.97 Å². The highest BCUT2D eigenvalue weighted by molar-refractivity contribution is 5.69. The molecule has 96 valence electrons. The van der Waals surface area contributed by atoms with Crippen molar-refractivity contribution in [2.24, 2.45) is 0 Å². The Balaban J connectivity index is 3.60. The van der Waals surface area contributed by atoms with Crippen molar-refractivity contribution in [1.29, 1.82) is 0 Å². The summed E-state index contributed by atoms with van der Waals surface area (Å²) in [6.07, 6.45) is 0. The molecule has 0 aromatic rings. The average Bonchev–Trinajstić information content (AvgIpc) is 2.24. The van der Waals surface area contributed by atoms with E-state index in [1.54, 1.807) is 19.1 Å². The second-order valence-corrected chi connectivity index (χ2v) is 3.27. The molecule has 16 heavy (non-hydrogen) atoms. The minimum absolute atomic E-state index is 0.0109. The Morgan fingerprint density at radius 1 is 1.06 bits per heavy atom. The van der Waals surface area contributed by atoms with E-state index >= 15 is 0 Å². The predicted molar refractivity (Wildman–Crippen MR) is 58.6 cm³/mol. The number of carboxylic acids is 1. The van der Waals surface area contributed by atoms with Crippen molar-refractivity contribution >= 4 is 5.97 Å². The normalized spacial score (nSPS) is 10.9. The molecule has 0 spiro atoms. The van der Waals surface area contributed by atoms with Crippen LogP contribution in [-0.4, -0.2) is 76.3 Å². The molecule has 0 radical (unpaired) electrons. The molecular weight excluding hydrogens is 214 g/mol. The molecule has 0 saturated carbocycles. The molecule has 0 aliphatic rings. The number of methoxy groups -OCH3 is 2. The van der Waals surface area contributed by atoms with Gasteiger partial charge < -0.3 is 19.3 Å². The summed E-state index contributed by atoms with van der Waals surface area (Å²) in [5.74, 6) is -0.840. The van der Waals surface area contributed by atoms with E-state index in [1.165, 1.54) is 0 Å². The van der Waals surface area contributed by atoms with Gasteiger partial charge in [0.25, 0.3) is 0 Å². The monoisotopic (exact) mass is 235 g/mol. The smallest absolute Gasteiger partial charge is 0.317 e. The maximum atomic E-state index is 10.6. The van der Waals surface area contributed by atoms with E-state index < -0.39 is 5.97 Å². The zero-order valence-electron chi connectivity index (χ0n) is 9.98. The van der Waals surface area contributed by atoms with Gasteiger partial charge in [-0.05, 0) is 0 Å². The number of ether oxygens (including phenoxy) is 3. The van der Waals surface area contributed by atoms with Gasteiger partial charge in [-0.3, -0.25) is 9.69 Å². The lowest BCUT2D eigenvalue weighted by Gasteiger charge is -2.19. The maximum absolute atomic E-state index is 10.6. The van der Waals surface area contributed by atoms with Crippen LogP contribution in [0.4, 0.5) is 0 Å². The quantitative estimate of drug-likeness (QED) is 0.495. The Hall–Kier alpha value is -0.690. The van der Waals surface area contributed by atoms with Crippen LogP contribution in [0.1, 0.15) is 0 Å². The van der Waals surface area contributed by atoms with Gasteiger partial charge in [-0.15, -0.1) is 0 Å². The molecule has 0 atom stereocenters. The van der Waals surface area contributed by atoms with Gasteiger partial charge in [-0.2, -0.15) is 0 Å². The van der Waals surface area contributed by atoms with E-state index in [4.69, 9.17) is 19.3 Å². The Morgan fingerprint density at radius 3 is 2.25 bits per heavy atom. The molecule has 0 amide bonds. The number of aliphatic carboxylic acids is 1. The van der Waals surface area contributed by atoms with Gasteiger partial charge in [0.05, 0.1) is 33.0 Å². The highest BCUT2D eigenvalue weighted by Crippen LogP contribution is 1.89. The summed E-state index contributed by atoms with van der Waals surface area (Å²) in [6, 6.07) is 0. The van der Waals surface area contributed by atoms with Crippen LogP contribution in [0, 0.1) is 0 Å². The Bertz CT molecular complexity index is 177. The average molecular weight is 235 g/mol. The van der Waals surface area contributed by atoms with Crippen molar-refractivity contribution < 1.29 is 24.1 Å². The van der Waals surface area contributed by atoms with E-state index in [-0.39, 0.29) is 6.54 Å². The van der Waals surface area contributed by atoms with Gasteiger partial charge in [0.1, 0.15) is 0 Å². The summed E-state index contributed by atoms with van der Waals surface area (Å²) in [4.78, 5) is 12.3. The minimum Gasteiger partial charge on any atom is -0.480 e. The lowest BCUT2D eigenvalue weighted by molar-refractivity contribution is -0.138. The lowest BCUT2D eigenvalue weighted by Crippen LogP contribution is -2.35. The highest BCUT2D eigenvalue weighted by atomic mass is 16.5. The molecule has 1 N–H and O–H groups in total. The van der Waals surface area contributed by atoms with Crippen molar-refractivity contribution in [2.45, 2.75) is 0 Å². The van der Waals surface area contributed by atoms with Crippen LogP contribution in [0.25, 0.3) is 0 Å². The molecule has 0 bridgehead atoms. The lowest BCUT2D eigenvalue weighted by atomic mass is 10.4. The summed E-state index contributed by atoms with van der Waals surface area (Å²) in [6.45, 7) is 3.29. The fourth-order valence-corrected chi connectivity index (χ4v) is 1.12. The minimum atomic E-state index is -0.840. The fraction of sp³-hybridized carbons (Fsp3) is 0.900. The molecule has 0 saturated heterocycles. The molecule has 0 unspecified atom stereocenters. The topological polar surface area (TPSA) is 68.2 Å². The zero-order valence-corrected chi connectivity index (χ0v) is 9.98. The van der Waals surface area contributed by atoms with Crippen molar-refractivity contribution in [1.82, 2.24) is 4.90 Å². The van der Waals surface area contributed by atoms with Crippen LogP contribution in [0.5, 0.6) is 0 Å². The SMILES string of the molecule is COCCOCCN(CCOC)CC(=O)O. The standard InChI is InChI=1S/C10H21NO5/c1-14-5-3-11(9-10(12)13)4-6-16-8-7-15-2/h3-9H2,1-2H3,(H,12,13). The van der Waals surface area contributed by atoms with Gasteiger partial charge in [0.15, 0.2) is 0 Å². The van der Waals surface area contributed by atoms with E-state index in [2.05, 4.69) is 0 Å². The first-order chi connectivity index (χ1) is 7.70. The van der Waals surface area contributed by atoms with E-state index in [0.29, 0.717) is 39.5 Å². The van der Waals surface area contributed by atoms with Gasteiger partial charge in [-0.1, -0.05) is 0 Å². The van der Waals surface area contributed by atoms with Crippen molar-refractivity contribution in [3.63, 3.8) is 0 Å². The van der Waals surface area contributed by atoms with Crippen LogP contribution in [0.2, 0.25) is 0 Å². The van der Waals surface area contributed by atoms with Crippen LogP contribution in [-0.2, 0) is 19.0 Å². The Kier molecular flexibility index (Phi) is 10.3. The van der Waals surface area contributed by atoms with E-state index in [1.807, 2.05) is 0 Å². The summed E-state index contributed by atoms with van der Waals surface area (Å²) < 4.78 is 15.0. The second kappa shape index (κ2) is 10.8. The first-order valence-electron chi connectivity index (χ1n) is 5.20. The maximum Gasteiger partial charge on any atom is 0.317 e. The molecule has 0 rings (SSSR count). The molecule has 0 aliphatic heterocycles. The molecule has 0 heterocycles. The highest BCUT2D eigenvalue weighted by Gasteiger charge is 2.08. The van der Waals surface area contributed by atoms with Crippen molar-refractivity contribution in [3.8, 4) is 0 Å². The molecular formula is C10H21NO5. The largest absolute Gasteiger partial charge is 0.480 e. The second-order valence-electron chi connectivity index (χ2n) is 3.27. The summed E-state index contributed by atoms with van der Waals surface area (Å²) >= 11 is 0. The summed E-state index contributed by atoms with van der Waals surface area (Å²) in [5.41, 5.74) is 0. The molecule has 0 fully saturated rings. The predicted octanol–water partition coefficient (Wildman–Crippen LogP) is -0.318.